The molecule has 5 heteroatoms. The molecular weight excluding hydrogens is 416 g/mol. The van der Waals surface area contributed by atoms with Crippen molar-refractivity contribution < 1.29 is 25.5 Å². The Morgan fingerprint density at radius 2 is 1.64 bits per heavy atom. The Hall–Kier alpha value is -0.460. The molecule has 0 bridgehead atoms. The van der Waals surface area contributed by atoms with Crippen molar-refractivity contribution in [2.24, 2.45) is 46.3 Å². The van der Waals surface area contributed by atoms with E-state index in [4.69, 9.17) is 0 Å². The van der Waals surface area contributed by atoms with Crippen LogP contribution in [0.4, 0.5) is 0 Å². The minimum absolute atomic E-state index is 0.0101. The number of fused-ring (bicyclic) bond motifs is 5. The van der Waals surface area contributed by atoms with Crippen LogP contribution in [0.5, 0.6) is 0 Å². The summed E-state index contributed by atoms with van der Waals surface area (Å²) in [6, 6.07) is 0. The molecule has 0 aromatic rings. The molecule has 5 nitrogen and oxygen atoms in total. The van der Waals surface area contributed by atoms with Crippen molar-refractivity contribution in [2.45, 2.75) is 116 Å². The van der Waals surface area contributed by atoms with E-state index < -0.39 is 29.3 Å². The second kappa shape index (κ2) is 8.58. The lowest BCUT2D eigenvalue weighted by Gasteiger charge is -2.66. The summed E-state index contributed by atoms with van der Waals surface area (Å²) < 4.78 is 0. The predicted octanol–water partition coefficient (Wildman–Crippen LogP) is 3.66. The quantitative estimate of drug-likeness (QED) is 0.400. The molecule has 0 spiro atoms. The molecular formula is C28H48O5. The zero-order chi connectivity index (χ0) is 24.5. The van der Waals surface area contributed by atoms with Crippen LogP contribution in [0.15, 0.2) is 12.2 Å². The van der Waals surface area contributed by atoms with Gasteiger partial charge >= 0.3 is 0 Å². The average Bonchev–Trinajstić information content (AvgIpc) is 2.99. The molecule has 5 N–H and O–H groups in total. The summed E-state index contributed by atoms with van der Waals surface area (Å²) in [5.74, 6) is 1.58. The highest BCUT2D eigenvalue weighted by Crippen LogP contribution is 2.69. The summed E-state index contributed by atoms with van der Waals surface area (Å²) in [5.41, 5.74) is -1.06. The first-order valence-electron chi connectivity index (χ1n) is 13.4. The molecule has 190 valence electrons. The maximum absolute atomic E-state index is 11.6. The third-order valence-corrected chi connectivity index (χ3v) is 11.4. The molecule has 12 atom stereocenters. The SMILES string of the molecule is C=C(CC[C@@H](C)[C@H]1[C@@H](O)C[C@H]2[C@@H]3C[C@@H](O)[C@@]4(O)C[C@@H](O)C[C@H](O)[C@]4(C)[C@H]3CC[C@]12C)C(C)C. The number of rotatable bonds is 5. The first kappa shape index (κ1) is 25.6. The number of hydrogen-bond acceptors (Lipinski definition) is 5. The van der Waals surface area contributed by atoms with E-state index >= 15 is 0 Å². The molecule has 0 aliphatic heterocycles. The van der Waals surface area contributed by atoms with E-state index in [2.05, 4.69) is 34.3 Å². The molecule has 0 amide bonds. The average molecular weight is 465 g/mol. The van der Waals surface area contributed by atoms with Crippen LogP contribution in [0.25, 0.3) is 0 Å². The highest BCUT2D eigenvalue weighted by molar-refractivity contribution is 5.20. The van der Waals surface area contributed by atoms with E-state index in [1.165, 1.54) is 5.57 Å². The van der Waals surface area contributed by atoms with E-state index in [0.29, 0.717) is 18.3 Å². The first-order chi connectivity index (χ1) is 15.3. The standard InChI is InChI=1S/C28H48O5/c1-15(2)16(3)7-8-17(4)25-22(30)13-21-19-12-24(32)28(33)14-18(29)11-23(31)27(28,6)20(19)9-10-26(21,25)5/h15,17-25,29-33H,3,7-14H2,1-2,4-6H3/t17-,18+,19-,20+,21+,22+,23+,24-,25+,26+,27+,28+/m1/s1. The second-order valence-corrected chi connectivity index (χ2v) is 13.1. The van der Waals surface area contributed by atoms with Crippen LogP contribution in [0.2, 0.25) is 0 Å². The molecule has 33 heavy (non-hydrogen) atoms. The molecule has 0 radical (unpaired) electrons. The van der Waals surface area contributed by atoms with Crippen LogP contribution in [0.1, 0.15) is 86.0 Å². The topological polar surface area (TPSA) is 101 Å². The van der Waals surface area contributed by atoms with Crippen molar-refractivity contribution in [1.29, 1.82) is 0 Å². The zero-order valence-corrected chi connectivity index (χ0v) is 21.4. The third kappa shape index (κ3) is 3.67. The molecule has 0 aromatic carbocycles. The Morgan fingerprint density at radius 3 is 2.27 bits per heavy atom. The van der Waals surface area contributed by atoms with Crippen molar-refractivity contribution in [1.82, 2.24) is 0 Å². The van der Waals surface area contributed by atoms with Crippen LogP contribution in [0, 0.1) is 46.3 Å². The predicted molar refractivity (Wildman–Crippen MR) is 129 cm³/mol. The fraction of sp³-hybridized carbons (Fsp3) is 0.929. The summed E-state index contributed by atoms with van der Waals surface area (Å²) in [6.07, 6.45) is 2.48. The number of allylic oxidation sites excluding steroid dienone is 1. The molecule has 4 fully saturated rings. The van der Waals surface area contributed by atoms with E-state index in [-0.39, 0.29) is 48.0 Å². The van der Waals surface area contributed by atoms with Crippen molar-refractivity contribution in [2.75, 3.05) is 0 Å². The van der Waals surface area contributed by atoms with Crippen LogP contribution in [-0.2, 0) is 0 Å². The number of hydrogen-bond donors (Lipinski definition) is 5. The largest absolute Gasteiger partial charge is 0.393 e. The smallest absolute Gasteiger partial charge is 0.101 e. The molecule has 0 heterocycles. The van der Waals surface area contributed by atoms with E-state index in [1.807, 2.05) is 6.92 Å². The number of aliphatic hydroxyl groups is 5. The van der Waals surface area contributed by atoms with Gasteiger partial charge in [0.1, 0.15) is 5.60 Å². The van der Waals surface area contributed by atoms with Gasteiger partial charge in [0.15, 0.2) is 0 Å². The van der Waals surface area contributed by atoms with Crippen molar-refractivity contribution >= 4 is 0 Å². The molecule has 4 saturated carbocycles. The Bertz CT molecular complexity index is 753. The fourth-order valence-electron chi connectivity index (χ4n) is 9.29. The zero-order valence-electron chi connectivity index (χ0n) is 21.4. The first-order valence-corrected chi connectivity index (χ1v) is 13.4. The Morgan fingerprint density at radius 1 is 0.970 bits per heavy atom. The summed E-state index contributed by atoms with van der Waals surface area (Å²) >= 11 is 0. The maximum Gasteiger partial charge on any atom is 0.101 e. The molecule has 4 aliphatic rings. The monoisotopic (exact) mass is 464 g/mol. The van der Waals surface area contributed by atoms with Crippen LogP contribution in [0.3, 0.4) is 0 Å². The maximum atomic E-state index is 11.6. The van der Waals surface area contributed by atoms with E-state index in [9.17, 15) is 25.5 Å². The van der Waals surface area contributed by atoms with Crippen molar-refractivity contribution in [3.63, 3.8) is 0 Å². The van der Waals surface area contributed by atoms with Gasteiger partial charge in [-0.25, -0.2) is 0 Å². The summed E-state index contributed by atoms with van der Waals surface area (Å²) in [6.45, 7) is 15.2. The van der Waals surface area contributed by atoms with Gasteiger partial charge in [-0.3, -0.25) is 0 Å². The van der Waals surface area contributed by atoms with Gasteiger partial charge in [-0.15, -0.1) is 0 Å². The van der Waals surface area contributed by atoms with Crippen LogP contribution < -0.4 is 0 Å². The lowest BCUT2D eigenvalue weighted by molar-refractivity contribution is -0.294. The third-order valence-electron chi connectivity index (χ3n) is 11.4. The van der Waals surface area contributed by atoms with E-state index in [1.54, 1.807) is 0 Å². The molecule has 0 saturated heterocycles. The second-order valence-electron chi connectivity index (χ2n) is 13.1. The highest BCUT2D eigenvalue weighted by Gasteiger charge is 2.70. The molecule has 4 rings (SSSR count). The Labute approximate surface area is 200 Å². The van der Waals surface area contributed by atoms with Gasteiger partial charge in [-0.1, -0.05) is 46.8 Å². The van der Waals surface area contributed by atoms with E-state index in [0.717, 1.165) is 32.1 Å². The van der Waals surface area contributed by atoms with Crippen LogP contribution >= 0.6 is 0 Å². The Balaban J connectivity index is 1.60. The van der Waals surface area contributed by atoms with Gasteiger partial charge in [0, 0.05) is 11.8 Å². The summed E-state index contributed by atoms with van der Waals surface area (Å²) in [5, 5.41) is 55.6. The molecule has 4 aliphatic carbocycles. The number of aliphatic hydroxyl groups excluding tert-OH is 4. The van der Waals surface area contributed by atoms with Gasteiger partial charge < -0.3 is 25.5 Å². The lowest BCUT2D eigenvalue weighted by atomic mass is 9.41. The van der Waals surface area contributed by atoms with Gasteiger partial charge in [-0.2, -0.15) is 0 Å². The summed E-state index contributed by atoms with van der Waals surface area (Å²) in [7, 11) is 0. The van der Waals surface area contributed by atoms with Crippen LogP contribution in [-0.4, -0.2) is 55.5 Å². The summed E-state index contributed by atoms with van der Waals surface area (Å²) in [4.78, 5) is 0. The normalized spacial score (nSPS) is 52.7. The van der Waals surface area contributed by atoms with Gasteiger partial charge in [0.05, 0.1) is 24.4 Å². The highest BCUT2D eigenvalue weighted by atomic mass is 16.4. The minimum Gasteiger partial charge on any atom is -0.393 e. The van der Waals surface area contributed by atoms with Crippen molar-refractivity contribution in [3.05, 3.63) is 12.2 Å². The van der Waals surface area contributed by atoms with Gasteiger partial charge in [0.2, 0.25) is 0 Å². The van der Waals surface area contributed by atoms with Gasteiger partial charge in [-0.05, 0) is 85.9 Å². The lowest BCUT2D eigenvalue weighted by Crippen LogP contribution is -2.72. The Kier molecular flexibility index (Phi) is 6.67. The molecule has 0 aromatic heterocycles. The minimum atomic E-state index is -1.47. The molecule has 0 unspecified atom stereocenters. The van der Waals surface area contributed by atoms with Crippen molar-refractivity contribution in [3.8, 4) is 0 Å². The van der Waals surface area contributed by atoms with Gasteiger partial charge in [0.25, 0.3) is 0 Å². The fourth-order valence-corrected chi connectivity index (χ4v) is 9.29.